The maximum absolute atomic E-state index is 13.0. The lowest BCUT2D eigenvalue weighted by Crippen LogP contribution is -2.30. The Bertz CT molecular complexity index is 1310. The van der Waals surface area contributed by atoms with E-state index in [9.17, 15) is 34.8 Å². The Morgan fingerprint density at radius 2 is 1.25 bits per heavy atom. The predicted octanol–water partition coefficient (Wildman–Crippen LogP) is 7.60. The molecule has 0 aliphatic carbocycles. The van der Waals surface area contributed by atoms with Gasteiger partial charge >= 0.3 is 21.9 Å². The number of alkyl halides is 6. The molecule has 194 valence electrons. The van der Waals surface area contributed by atoms with Gasteiger partial charge in [-0.2, -0.15) is 21.6 Å². The van der Waals surface area contributed by atoms with Crippen LogP contribution in [0.4, 0.5) is 32.0 Å². The number of rotatable bonds is 6. The van der Waals surface area contributed by atoms with E-state index in [2.05, 4.69) is 4.74 Å². The van der Waals surface area contributed by atoms with Crippen molar-refractivity contribution in [2.24, 2.45) is 0 Å². The molecule has 5 nitrogen and oxygen atoms in total. The van der Waals surface area contributed by atoms with Crippen molar-refractivity contribution in [1.29, 1.82) is 0 Å². The molecule has 0 spiro atoms. The third-order valence-electron chi connectivity index (χ3n) is 4.90. The molecule has 0 aliphatic rings. The molecule has 3 rings (SSSR count). The number of hydrogen-bond acceptors (Lipinski definition) is 4. The molecule has 0 aliphatic heterocycles. The van der Waals surface area contributed by atoms with Crippen molar-refractivity contribution in [3.05, 3.63) is 72.3 Å². The fraction of sp³-hybridized carbons (Fsp3) is 0.250. The van der Waals surface area contributed by atoms with Crippen LogP contribution in [0.3, 0.4) is 0 Å². The first-order valence-corrected chi connectivity index (χ1v) is 11.8. The SMILES string of the molecule is CC(C)(C)c1ccc(Oc2ccc(-c3ccc(OC(F)(F)F)cc3)cc2NS(=O)(=O)C(F)(F)F)cc1. The highest BCUT2D eigenvalue weighted by Crippen LogP contribution is 2.37. The highest BCUT2D eigenvalue weighted by atomic mass is 32.2. The first kappa shape index (κ1) is 27.2. The molecule has 36 heavy (non-hydrogen) atoms. The van der Waals surface area contributed by atoms with Crippen molar-refractivity contribution in [2.45, 2.75) is 38.1 Å². The smallest absolute Gasteiger partial charge is 0.455 e. The highest BCUT2D eigenvalue weighted by Gasteiger charge is 2.46. The van der Waals surface area contributed by atoms with Gasteiger partial charge in [0.2, 0.25) is 0 Å². The summed E-state index contributed by atoms with van der Waals surface area (Å²) in [5.41, 5.74) is -4.79. The van der Waals surface area contributed by atoms with E-state index in [1.54, 1.807) is 24.3 Å². The van der Waals surface area contributed by atoms with Crippen LogP contribution in [0.15, 0.2) is 66.7 Å². The maximum atomic E-state index is 13.0. The van der Waals surface area contributed by atoms with Gasteiger partial charge in [-0.05, 0) is 58.5 Å². The second-order valence-electron chi connectivity index (χ2n) is 8.71. The van der Waals surface area contributed by atoms with Gasteiger partial charge in [-0.15, -0.1) is 13.2 Å². The van der Waals surface area contributed by atoms with Crippen LogP contribution >= 0.6 is 0 Å². The molecule has 0 saturated heterocycles. The summed E-state index contributed by atoms with van der Waals surface area (Å²) in [5.74, 6) is -0.466. The summed E-state index contributed by atoms with van der Waals surface area (Å²) < 4.78 is 111. The zero-order valence-corrected chi connectivity index (χ0v) is 20.0. The standard InChI is InChI=1S/C24H21F6NO4S/c1-22(2,3)17-7-11-18(12-8-17)34-21-13-6-16(14-20(21)31-36(32,33)24(28,29)30)15-4-9-19(10-5-15)35-23(25,26)27/h4-14,31H,1-3H3. The average Bonchev–Trinajstić information content (AvgIpc) is 2.73. The fourth-order valence-corrected chi connectivity index (χ4v) is 3.64. The lowest BCUT2D eigenvalue weighted by atomic mass is 9.87. The minimum Gasteiger partial charge on any atom is -0.455 e. The van der Waals surface area contributed by atoms with Crippen molar-refractivity contribution in [2.75, 3.05) is 4.72 Å². The van der Waals surface area contributed by atoms with E-state index in [4.69, 9.17) is 4.74 Å². The quantitative estimate of drug-likeness (QED) is 0.332. The van der Waals surface area contributed by atoms with E-state index in [1.165, 1.54) is 29.0 Å². The minimum atomic E-state index is -5.79. The van der Waals surface area contributed by atoms with E-state index < -0.39 is 33.3 Å². The van der Waals surface area contributed by atoms with Gasteiger partial charge < -0.3 is 9.47 Å². The number of nitrogens with one attached hydrogen (secondary N) is 1. The zero-order chi connectivity index (χ0) is 26.9. The van der Waals surface area contributed by atoms with Gasteiger partial charge in [0.25, 0.3) is 0 Å². The molecule has 0 heterocycles. The molecule has 1 N–H and O–H groups in total. The summed E-state index contributed by atoms with van der Waals surface area (Å²) in [6, 6.07) is 15.0. The zero-order valence-electron chi connectivity index (χ0n) is 19.2. The Hall–Kier alpha value is -3.41. The third-order valence-corrected chi connectivity index (χ3v) is 6.00. The molecule has 0 radical (unpaired) electrons. The first-order valence-electron chi connectivity index (χ1n) is 10.3. The predicted molar refractivity (Wildman–Crippen MR) is 122 cm³/mol. The maximum Gasteiger partial charge on any atom is 0.573 e. The molecule has 3 aromatic rings. The summed E-state index contributed by atoms with van der Waals surface area (Å²) in [7, 11) is -5.79. The van der Waals surface area contributed by atoms with Crippen molar-refractivity contribution < 1.29 is 44.2 Å². The summed E-state index contributed by atoms with van der Waals surface area (Å²) in [6.45, 7) is 5.98. The van der Waals surface area contributed by atoms with E-state index in [-0.39, 0.29) is 28.0 Å². The molecule has 12 heteroatoms. The number of benzene rings is 3. The Kier molecular flexibility index (Phi) is 7.22. The van der Waals surface area contributed by atoms with Crippen LogP contribution in [0.25, 0.3) is 11.1 Å². The van der Waals surface area contributed by atoms with Crippen molar-refractivity contribution in [3.8, 4) is 28.4 Å². The van der Waals surface area contributed by atoms with Crippen molar-refractivity contribution >= 4 is 15.7 Å². The highest BCUT2D eigenvalue weighted by molar-refractivity contribution is 7.93. The van der Waals surface area contributed by atoms with Gasteiger partial charge in [0.1, 0.15) is 11.5 Å². The van der Waals surface area contributed by atoms with E-state index in [0.29, 0.717) is 0 Å². The third kappa shape index (κ3) is 6.84. The van der Waals surface area contributed by atoms with Gasteiger partial charge in [-0.25, -0.2) is 0 Å². The van der Waals surface area contributed by atoms with E-state index >= 15 is 0 Å². The van der Waals surface area contributed by atoms with Crippen LogP contribution < -0.4 is 14.2 Å². The minimum absolute atomic E-state index is 0.158. The first-order chi connectivity index (χ1) is 16.4. The normalized spacial score (nSPS) is 12.8. The van der Waals surface area contributed by atoms with Crippen LogP contribution in [0, 0.1) is 0 Å². The molecule has 0 atom stereocenters. The lowest BCUT2D eigenvalue weighted by molar-refractivity contribution is -0.274. The molecule has 0 fully saturated rings. The average molecular weight is 533 g/mol. The van der Waals surface area contributed by atoms with Gasteiger partial charge in [-0.3, -0.25) is 4.72 Å². The number of ether oxygens (including phenoxy) is 2. The second-order valence-corrected chi connectivity index (χ2v) is 10.4. The Morgan fingerprint density at radius 3 is 1.75 bits per heavy atom. The summed E-state index contributed by atoms with van der Waals surface area (Å²) >= 11 is 0. The number of anilines is 1. The van der Waals surface area contributed by atoms with Crippen LogP contribution in [0.5, 0.6) is 17.2 Å². The molecule has 3 aromatic carbocycles. The monoisotopic (exact) mass is 533 g/mol. The van der Waals surface area contributed by atoms with Crippen LogP contribution in [0.2, 0.25) is 0 Å². The Labute approximate surface area is 203 Å². The Morgan fingerprint density at radius 1 is 0.722 bits per heavy atom. The molecule has 0 bridgehead atoms. The van der Waals surface area contributed by atoms with Crippen LogP contribution in [-0.4, -0.2) is 20.3 Å². The van der Waals surface area contributed by atoms with Crippen molar-refractivity contribution in [1.82, 2.24) is 0 Å². The second kappa shape index (κ2) is 9.57. The summed E-state index contributed by atoms with van der Waals surface area (Å²) in [6.07, 6.45) is -4.89. The Balaban J connectivity index is 1.98. The van der Waals surface area contributed by atoms with Gasteiger partial charge in [0, 0.05) is 0 Å². The van der Waals surface area contributed by atoms with Crippen molar-refractivity contribution in [3.63, 3.8) is 0 Å². The van der Waals surface area contributed by atoms with Crippen LogP contribution in [-0.2, 0) is 15.4 Å². The number of sulfonamides is 1. The fourth-order valence-electron chi connectivity index (χ4n) is 3.08. The number of halogens is 6. The molecule has 0 amide bonds. The van der Waals surface area contributed by atoms with Gasteiger partial charge in [-0.1, -0.05) is 51.1 Å². The van der Waals surface area contributed by atoms with Gasteiger partial charge in [0.15, 0.2) is 5.75 Å². The van der Waals surface area contributed by atoms with E-state index in [1.807, 2.05) is 20.8 Å². The van der Waals surface area contributed by atoms with Crippen LogP contribution in [0.1, 0.15) is 26.3 Å². The molecule has 0 aromatic heterocycles. The van der Waals surface area contributed by atoms with E-state index in [0.717, 1.165) is 23.8 Å². The topological polar surface area (TPSA) is 64.6 Å². The summed E-state index contributed by atoms with van der Waals surface area (Å²) in [5, 5.41) is 0. The molecular formula is C24H21F6NO4S. The lowest BCUT2D eigenvalue weighted by Gasteiger charge is -2.20. The molecular weight excluding hydrogens is 512 g/mol. The number of hydrogen-bond donors (Lipinski definition) is 1. The molecule has 0 unspecified atom stereocenters. The largest absolute Gasteiger partial charge is 0.573 e. The molecule has 0 saturated carbocycles. The van der Waals surface area contributed by atoms with Gasteiger partial charge in [0.05, 0.1) is 5.69 Å². The summed E-state index contributed by atoms with van der Waals surface area (Å²) in [4.78, 5) is 0.